The van der Waals surface area contributed by atoms with Gasteiger partial charge in [-0.3, -0.25) is 24.1 Å². The van der Waals surface area contributed by atoms with Crippen LogP contribution in [0, 0.1) is 5.92 Å². The largest absolute Gasteiger partial charge is 0.493 e. The van der Waals surface area contributed by atoms with Gasteiger partial charge in [0.15, 0.2) is 23.0 Å². The van der Waals surface area contributed by atoms with Gasteiger partial charge in [-0.15, -0.1) is 0 Å². The smallest absolute Gasteiger partial charge is 0.308 e. The number of likely N-dealkylation sites (N-methyl/N-ethyl adjacent to an activating group) is 1. The van der Waals surface area contributed by atoms with Crippen LogP contribution in [0.3, 0.4) is 0 Å². The highest BCUT2D eigenvalue weighted by molar-refractivity contribution is 5.96. The van der Waals surface area contributed by atoms with Gasteiger partial charge in [-0.2, -0.15) is 0 Å². The zero-order valence-corrected chi connectivity index (χ0v) is 19.3. The van der Waals surface area contributed by atoms with Crippen molar-refractivity contribution in [3.8, 4) is 11.5 Å². The molecule has 1 aliphatic heterocycles. The maximum atomic E-state index is 13.0. The molecule has 176 valence electrons. The Morgan fingerprint density at radius 2 is 1.76 bits per heavy atom. The molecule has 0 N–H and O–H groups in total. The van der Waals surface area contributed by atoms with Crippen molar-refractivity contribution in [2.45, 2.75) is 51.2 Å². The molecule has 3 aliphatic rings. The van der Waals surface area contributed by atoms with E-state index in [4.69, 9.17) is 18.9 Å². The lowest BCUT2D eigenvalue weighted by Crippen LogP contribution is -2.62. The van der Waals surface area contributed by atoms with Gasteiger partial charge in [0.1, 0.15) is 6.10 Å². The number of ether oxygens (including phenoxy) is 4. The molecule has 0 amide bonds. The lowest BCUT2D eigenvalue weighted by Gasteiger charge is -2.58. The summed E-state index contributed by atoms with van der Waals surface area (Å²) in [6, 6.07) is 2.99. The van der Waals surface area contributed by atoms with Crippen molar-refractivity contribution in [1.29, 1.82) is 0 Å². The number of esters is 3. The number of Topliss-reactive ketones (excluding diaryl/α,β-unsaturated/α-hetero) is 1. The van der Waals surface area contributed by atoms with Crippen LogP contribution in [0.25, 0.3) is 0 Å². The quantitative estimate of drug-likeness (QED) is 0.497. The van der Waals surface area contributed by atoms with Crippen LogP contribution in [-0.4, -0.2) is 55.3 Å². The molecule has 1 fully saturated rings. The Kier molecular flexibility index (Phi) is 5.78. The average molecular weight is 457 g/mol. The molecule has 0 radical (unpaired) electrons. The number of carbonyl (C=O) groups excluding carboxylic acids is 4. The molecule has 1 saturated heterocycles. The van der Waals surface area contributed by atoms with Gasteiger partial charge in [0.25, 0.3) is 0 Å². The molecule has 1 heterocycles. The fourth-order valence-corrected chi connectivity index (χ4v) is 5.67. The van der Waals surface area contributed by atoms with Gasteiger partial charge in [-0.05, 0) is 32.2 Å². The van der Waals surface area contributed by atoms with Gasteiger partial charge in [0, 0.05) is 49.7 Å². The number of benzene rings is 1. The number of carbonyl (C=O) groups is 4. The van der Waals surface area contributed by atoms with Crippen molar-refractivity contribution >= 4 is 23.7 Å². The maximum Gasteiger partial charge on any atom is 0.308 e. The number of likely N-dealkylation sites (tertiary alicyclic amines) is 1. The molecule has 1 unspecified atom stereocenters. The third-order valence-corrected chi connectivity index (χ3v) is 6.79. The van der Waals surface area contributed by atoms with Crippen molar-refractivity contribution < 1.29 is 38.1 Å². The summed E-state index contributed by atoms with van der Waals surface area (Å²) in [4.78, 5) is 51.1. The summed E-state index contributed by atoms with van der Waals surface area (Å²) in [6.45, 7) is 4.47. The Balaban J connectivity index is 2.06. The molecule has 1 aromatic rings. The van der Waals surface area contributed by atoms with E-state index in [2.05, 4.69) is 4.90 Å². The average Bonchev–Trinajstić information content (AvgIpc) is 2.72. The zero-order valence-electron chi connectivity index (χ0n) is 19.3. The number of fused-ring (bicyclic) bond motifs is 1. The van der Waals surface area contributed by atoms with Gasteiger partial charge in [-0.25, -0.2) is 0 Å². The predicted molar refractivity (Wildman–Crippen MR) is 114 cm³/mol. The summed E-state index contributed by atoms with van der Waals surface area (Å²) in [5.74, 6) is -1.65. The fraction of sp³-hybridized carbons (Fsp3) is 0.500. The molecule has 4 rings (SSSR count). The summed E-state index contributed by atoms with van der Waals surface area (Å²) in [5, 5.41) is 0. The summed E-state index contributed by atoms with van der Waals surface area (Å²) in [5.41, 5.74) is 0.451. The normalized spacial score (nSPS) is 28.1. The summed E-state index contributed by atoms with van der Waals surface area (Å²) >= 11 is 0. The zero-order chi connectivity index (χ0) is 24.1. The van der Waals surface area contributed by atoms with Crippen LogP contribution in [0.5, 0.6) is 11.5 Å². The SMILES string of the molecule is COC1=CC2[C@@H]3[C@H](OC(C)=O)c4ccc(OC(C)=O)c(OC(C)=O)c4[C@]2(CCN3C)CC1=O. The standard InChI is InChI=1S/C24H27NO8/c1-12(26)31-18-7-6-15-20(23(18)33-14(3)28)24-8-9-25(4)21(22(15)32-13(2)27)16(24)10-19(30-5)17(29)11-24/h6-7,10,16,21-22H,8-9,11H2,1-5H3/t16?,21-,22-,24-/m1/s1. The van der Waals surface area contributed by atoms with E-state index in [1.807, 2.05) is 7.05 Å². The van der Waals surface area contributed by atoms with Crippen LogP contribution in [0.2, 0.25) is 0 Å². The Bertz CT molecular complexity index is 1080. The number of nitrogens with zero attached hydrogens (tertiary/aromatic N) is 1. The van der Waals surface area contributed by atoms with Crippen molar-refractivity contribution in [3.05, 3.63) is 35.1 Å². The van der Waals surface area contributed by atoms with Crippen LogP contribution in [0.15, 0.2) is 24.0 Å². The molecular weight excluding hydrogens is 430 g/mol. The number of methoxy groups -OCH3 is 1. The van der Waals surface area contributed by atoms with Crippen LogP contribution in [0.1, 0.15) is 50.8 Å². The molecule has 0 aromatic heterocycles. The van der Waals surface area contributed by atoms with E-state index in [0.29, 0.717) is 24.1 Å². The highest BCUT2D eigenvalue weighted by Gasteiger charge is 2.60. The number of ketones is 1. The Morgan fingerprint density at radius 3 is 2.36 bits per heavy atom. The number of rotatable bonds is 4. The second-order valence-electron chi connectivity index (χ2n) is 8.81. The molecule has 9 heteroatoms. The molecule has 1 aromatic carbocycles. The first-order valence-corrected chi connectivity index (χ1v) is 10.8. The minimum absolute atomic E-state index is 0.0810. The van der Waals surface area contributed by atoms with Gasteiger partial charge in [0.05, 0.1) is 13.2 Å². The molecule has 2 bridgehead atoms. The maximum absolute atomic E-state index is 13.0. The first-order valence-electron chi connectivity index (χ1n) is 10.8. The third kappa shape index (κ3) is 3.70. The van der Waals surface area contributed by atoms with Gasteiger partial charge >= 0.3 is 17.9 Å². The molecule has 2 aliphatic carbocycles. The van der Waals surface area contributed by atoms with Crippen molar-refractivity contribution in [1.82, 2.24) is 4.90 Å². The van der Waals surface area contributed by atoms with Crippen LogP contribution < -0.4 is 9.47 Å². The molecule has 9 nitrogen and oxygen atoms in total. The molecular formula is C24H27NO8. The summed E-state index contributed by atoms with van der Waals surface area (Å²) in [7, 11) is 3.40. The second kappa shape index (κ2) is 8.30. The summed E-state index contributed by atoms with van der Waals surface area (Å²) < 4.78 is 22.2. The van der Waals surface area contributed by atoms with Gasteiger partial charge < -0.3 is 18.9 Å². The third-order valence-electron chi connectivity index (χ3n) is 6.79. The van der Waals surface area contributed by atoms with Crippen molar-refractivity contribution in [3.63, 3.8) is 0 Å². The lowest BCUT2D eigenvalue weighted by atomic mass is 9.52. The lowest BCUT2D eigenvalue weighted by molar-refractivity contribution is -0.157. The Labute approximate surface area is 191 Å². The monoisotopic (exact) mass is 457 g/mol. The van der Waals surface area contributed by atoms with E-state index in [1.165, 1.54) is 33.9 Å². The van der Waals surface area contributed by atoms with Crippen molar-refractivity contribution in [2.75, 3.05) is 20.7 Å². The van der Waals surface area contributed by atoms with E-state index >= 15 is 0 Å². The fourth-order valence-electron chi connectivity index (χ4n) is 5.67. The van der Waals surface area contributed by atoms with E-state index in [-0.39, 0.29) is 41.4 Å². The minimum Gasteiger partial charge on any atom is -0.493 e. The molecule has 0 saturated carbocycles. The topological polar surface area (TPSA) is 108 Å². The van der Waals surface area contributed by atoms with Crippen LogP contribution >= 0.6 is 0 Å². The van der Waals surface area contributed by atoms with E-state index in [1.54, 1.807) is 12.1 Å². The van der Waals surface area contributed by atoms with Gasteiger partial charge in [-0.1, -0.05) is 6.07 Å². The first-order chi connectivity index (χ1) is 15.6. The Morgan fingerprint density at radius 1 is 1.06 bits per heavy atom. The Hall–Kier alpha value is -3.20. The predicted octanol–water partition coefficient (Wildman–Crippen LogP) is 2.22. The summed E-state index contributed by atoms with van der Waals surface area (Å²) in [6.07, 6.45) is 1.81. The van der Waals surface area contributed by atoms with Gasteiger partial charge in [0.2, 0.25) is 0 Å². The second-order valence-corrected chi connectivity index (χ2v) is 8.81. The van der Waals surface area contributed by atoms with Crippen LogP contribution in [-0.2, 0) is 34.1 Å². The van der Waals surface area contributed by atoms with Crippen LogP contribution in [0.4, 0.5) is 0 Å². The molecule has 0 spiro atoms. The highest BCUT2D eigenvalue weighted by Crippen LogP contribution is 2.61. The number of hydrogen-bond donors (Lipinski definition) is 0. The molecule has 33 heavy (non-hydrogen) atoms. The minimum atomic E-state index is -0.747. The van der Waals surface area contributed by atoms with E-state index in [9.17, 15) is 19.2 Å². The number of piperidine rings is 1. The number of allylic oxidation sites excluding steroid dienone is 1. The van der Waals surface area contributed by atoms with E-state index in [0.717, 1.165) is 0 Å². The van der Waals surface area contributed by atoms with Crippen molar-refractivity contribution in [2.24, 2.45) is 5.92 Å². The highest BCUT2D eigenvalue weighted by atomic mass is 16.6. The number of hydrogen-bond acceptors (Lipinski definition) is 9. The first kappa shape index (κ1) is 23.0. The van der Waals surface area contributed by atoms with E-state index < -0.39 is 29.4 Å². The molecule has 4 atom stereocenters.